The molecule has 2 rings (SSSR count). The monoisotopic (exact) mass is 410 g/mol. The van der Waals surface area contributed by atoms with Crippen LogP contribution in [0, 0.1) is 0 Å². The molecule has 1 saturated heterocycles. The van der Waals surface area contributed by atoms with E-state index in [-0.39, 0.29) is 30.7 Å². The fraction of sp³-hybridized carbons (Fsp3) is 0.684. The van der Waals surface area contributed by atoms with E-state index in [1.54, 1.807) is 0 Å². The summed E-state index contributed by atoms with van der Waals surface area (Å²) in [4.78, 5) is 2.47. The Balaban J connectivity index is 0.00000288. The van der Waals surface area contributed by atoms with Gasteiger partial charge in [0.2, 0.25) is 0 Å². The minimum Gasteiger partial charge on any atom is -0.389 e. The quantitative estimate of drug-likeness (QED) is 0.661. The van der Waals surface area contributed by atoms with E-state index in [0.717, 1.165) is 63.4 Å². The largest absolute Gasteiger partial charge is 0.389 e. The topological polar surface area (TPSA) is 35.5 Å². The first-order valence-corrected chi connectivity index (χ1v) is 9.37. The Bertz CT molecular complexity index is 475. The molecule has 0 saturated carbocycles. The van der Waals surface area contributed by atoms with E-state index in [0.29, 0.717) is 0 Å². The summed E-state index contributed by atoms with van der Waals surface area (Å²) in [7, 11) is 0. The third-order valence-electron chi connectivity index (χ3n) is 4.92. The summed E-state index contributed by atoms with van der Waals surface area (Å²) in [5.41, 5.74) is 0.513. The van der Waals surface area contributed by atoms with Crippen LogP contribution in [0.15, 0.2) is 24.3 Å². The van der Waals surface area contributed by atoms with Gasteiger partial charge in [0, 0.05) is 43.7 Å². The molecule has 146 valence electrons. The van der Waals surface area contributed by atoms with Crippen LogP contribution in [0.4, 0.5) is 0 Å². The first kappa shape index (κ1) is 25.0. The normalized spacial score (nSPS) is 16.6. The third-order valence-corrected chi connectivity index (χ3v) is 5.15. The number of benzene rings is 1. The van der Waals surface area contributed by atoms with Gasteiger partial charge in [0.25, 0.3) is 0 Å². The molecule has 0 spiro atoms. The molecule has 1 aromatic rings. The number of nitrogens with zero attached hydrogens (tertiary/aromatic N) is 1. The standard InChI is InChI=1S/C19H31ClN2O.2ClH/c1-3-8-19(23,9-4-2)18(15-22-12-10-21-11-13-22)16-6-5-7-17(20)14-16;;/h5-7,14,18,21,23H,3-4,8-13,15H2,1-2H3;2*1H. The van der Waals surface area contributed by atoms with E-state index in [2.05, 4.69) is 30.1 Å². The summed E-state index contributed by atoms with van der Waals surface area (Å²) >= 11 is 6.23. The molecule has 1 aromatic carbocycles. The second-order valence-electron chi connectivity index (χ2n) is 6.76. The maximum atomic E-state index is 11.5. The molecule has 2 N–H and O–H groups in total. The van der Waals surface area contributed by atoms with Gasteiger partial charge in [-0.05, 0) is 30.5 Å². The molecule has 0 bridgehead atoms. The van der Waals surface area contributed by atoms with Crippen molar-refractivity contribution in [1.82, 2.24) is 10.2 Å². The number of rotatable bonds is 8. The molecule has 1 fully saturated rings. The lowest BCUT2D eigenvalue weighted by Gasteiger charge is -2.40. The third kappa shape index (κ3) is 7.24. The average molecular weight is 412 g/mol. The van der Waals surface area contributed by atoms with Crippen molar-refractivity contribution < 1.29 is 5.11 Å². The van der Waals surface area contributed by atoms with Crippen molar-refractivity contribution in [2.45, 2.75) is 51.0 Å². The first-order valence-electron chi connectivity index (χ1n) is 9.00. The van der Waals surface area contributed by atoms with Crippen molar-refractivity contribution in [1.29, 1.82) is 0 Å². The Labute approximate surface area is 170 Å². The lowest BCUT2D eigenvalue weighted by atomic mass is 9.76. The van der Waals surface area contributed by atoms with Gasteiger partial charge in [0.1, 0.15) is 0 Å². The summed E-state index contributed by atoms with van der Waals surface area (Å²) in [5.74, 6) is 0.110. The van der Waals surface area contributed by atoms with Gasteiger partial charge < -0.3 is 15.3 Å². The number of piperazine rings is 1. The van der Waals surface area contributed by atoms with Crippen molar-refractivity contribution in [2.24, 2.45) is 0 Å². The minimum absolute atomic E-state index is 0. The van der Waals surface area contributed by atoms with Crippen LogP contribution in [0.5, 0.6) is 0 Å². The Morgan fingerprint density at radius 3 is 2.28 bits per heavy atom. The highest BCUT2D eigenvalue weighted by molar-refractivity contribution is 6.30. The molecule has 6 heteroatoms. The Morgan fingerprint density at radius 1 is 1.16 bits per heavy atom. The van der Waals surface area contributed by atoms with E-state index in [4.69, 9.17) is 11.6 Å². The molecule has 1 unspecified atom stereocenters. The molecular weight excluding hydrogens is 379 g/mol. The zero-order valence-corrected chi connectivity index (χ0v) is 17.7. The minimum atomic E-state index is -0.654. The van der Waals surface area contributed by atoms with Gasteiger partial charge in [-0.15, -0.1) is 24.8 Å². The summed E-state index contributed by atoms with van der Waals surface area (Å²) < 4.78 is 0. The van der Waals surface area contributed by atoms with Crippen molar-refractivity contribution in [3.63, 3.8) is 0 Å². The maximum absolute atomic E-state index is 11.5. The van der Waals surface area contributed by atoms with Gasteiger partial charge in [0.15, 0.2) is 0 Å². The summed E-state index contributed by atoms with van der Waals surface area (Å²) in [6.07, 6.45) is 3.67. The molecule has 1 atom stereocenters. The molecule has 25 heavy (non-hydrogen) atoms. The fourth-order valence-electron chi connectivity index (χ4n) is 3.80. The van der Waals surface area contributed by atoms with E-state index >= 15 is 0 Å². The van der Waals surface area contributed by atoms with Gasteiger partial charge in [-0.1, -0.05) is 50.4 Å². The van der Waals surface area contributed by atoms with Crippen LogP contribution in [0.2, 0.25) is 5.02 Å². The van der Waals surface area contributed by atoms with Crippen molar-refractivity contribution >= 4 is 36.4 Å². The second-order valence-corrected chi connectivity index (χ2v) is 7.20. The van der Waals surface area contributed by atoms with Crippen LogP contribution in [0.1, 0.15) is 51.0 Å². The average Bonchev–Trinajstić information content (AvgIpc) is 2.54. The van der Waals surface area contributed by atoms with E-state index < -0.39 is 5.60 Å². The zero-order valence-electron chi connectivity index (χ0n) is 15.3. The Morgan fingerprint density at radius 2 is 1.76 bits per heavy atom. The van der Waals surface area contributed by atoms with Crippen LogP contribution >= 0.6 is 36.4 Å². The van der Waals surface area contributed by atoms with Crippen molar-refractivity contribution in [3.8, 4) is 0 Å². The molecule has 1 aliphatic rings. The predicted molar refractivity (Wildman–Crippen MR) is 113 cm³/mol. The van der Waals surface area contributed by atoms with E-state index in [9.17, 15) is 5.11 Å². The summed E-state index contributed by atoms with van der Waals surface area (Å²) in [6.45, 7) is 9.36. The number of hydrogen-bond donors (Lipinski definition) is 2. The van der Waals surface area contributed by atoms with E-state index in [1.165, 1.54) is 5.56 Å². The maximum Gasteiger partial charge on any atom is 0.0728 e. The predicted octanol–water partition coefficient (Wildman–Crippen LogP) is 4.50. The molecule has 0 amide bonds. The van der Waals surface area contributed by atoms with Crippen molar-refractivity contribution in [3.05, 3.63) is 34.9 Å². The second kappa shape index (κ2) is 12.4. The van der Waals surface area contributed by atoms with Crippen LogP contribution < -0.4 is 5.32 Å². The van der Waals surface area contributed by atoms with Crippen LogP contribution in [-0.2, 0) is 0 Å². The first-order chi connectivity index (χ1) is 11.1. The lowest BCUT2D eigenvalue weighted by molar-refractivity contribution is -0.0174. The summed E-state index contributed by atoms with van der Waals surface area (Å²) in [6, 6.07) is 8.06. The molecular formula is C19H33Cl3N2O. The van der Waals surface area contributed by atoms with Crippen LogP contribution in [-0.4, -0.2) is 48.3 Å². The highest BCUT2D eigenvalue weighted by Crippen LogP contribution is 2.37. The zero-order chi connectivity index (χ0) is 16.7. The van der Waals surface area contributed by atoms with Gasteiger partial charge in [0.05, 0.1) is 5.60 Å². The molecule has 0 radical (unpaired) electrons. The Kier molecular flexibility index (Phi) is 12.4. The molecule has 1 aliphatic heterocycles. The Hall–Kier alpha value is -0.0300. The van der Waals surface area contributed by atoms with Gasteiger partial charge in [-0.3, -0.25) is 0 Å². The molecule has 1 heterocycles. The summed E-state index contributed by atoms with van der Waals surface area (Å²) in [5, 5.41) is 15.6. The molecule has 0 aromatic heterocycles. The smallest absolute Gasteiger partial charge is 0.0728 e. The number of aliphatic hydroxyl groups is 1. The van der Waals surface area contributed by atoms with Gasteiger partial charge in [-0.2, -0.15) is 0 Å². The highest BCUT2D eigenvalue weighted by atomic mass is 35.5. The highest BCUT2D eigenvalue weighted by Gasteiger charge is 2.37. The van der Waals surface area contributed by atoms with Crippen LogP contribution in [0.25, 0.3) is 0 Å². The lowest BCUT2D eigenvalue weighted by Crippen LogP contribution is -2.49. The molecule has 0 aliphatic carbocycles. The fourth-order valence-corrected chi connectivity index (χ4v) is 4.00. The SMILES string of the molecule is CCCC(O)(CCC)C(CN1CCNCC1)c1cccc(Cl)c1.Cl.Cl. The number of nitrogens with one attached hydrogen (secondary N) is 1. The molecule has 3 nitrogen and oxygen atoms in total. The number of halogens is 3. The van der Waals surface area contributed by atoms with E-state index in [1.807, 2.05) is 18.2 Å². The van der Waals surface area contributed by atoms with Gasteiger partial charge in [-0.25, -0.2) is 0 Å². The number of hydrogen-bond acceptors (Lipinski definition) is 3. The van der Waals surface area contributed by atoms with Crippen molar-refractivity contribution in [2.75, 3.05) is 32.7 Å². The van der Waals surface area contributed by atoms with Crippen LogP contribution in [0.3, 0.4) is 0 Å². The van der Waals surface area contributed by atoms with Gasteiger partial charge >= 0.3 is 0 Å².